The van der Waals surface area contributed by atoms with Gasteiger partial charge in [-0.15, -0.1) is 0 Å². The van der Waals surface area contributed by atoms with E-state index in [1.54, 1.807) is 4.90 Å². The second-order valence-corrected chi connectivity index (χ2v) is 8.83. The van der Waals surface area contributed by atoms with Crippen LogP contribution in [-0.2, 0) is 4.74 Å². The molecule has 2 aromatic carbocycles. The summed E-state index contributed by atoms with van der Waals surface area (Å²) in [6.45, 7) is 7.26. The minimum absolute atomic E-state index is 0.0356. The highest BCUT2D eigenvalue weighted by molar-refractivity contribution is 5.87. The molecule has 3 heterocycles. The van der Waals surface area contributed by atoms with Gasteiger partial charge in [0.25, 0.3) is 5.89 Å². The van der Waals surface area contributed by atoms with E-state index in [9.17, 15) is 4.79 Å². The second kappa shape index (κ2) is 8.83. The standard InChI is InChI=1S/C26H28N4O3/c1-16-9-11-19(12-10-16)23-22(18(3)30(26(31)27-23)15-21-8-5-13-32-21)25-28-24(29-33-25)20-7-4-6-17(2)14-20/h4,6-7,9-12,14,21,23H,5,8,13,15H2,1-3H3,(H,27,31). The van der Waals surface area contributed by atoms with Gasteiger partial charge >= 0.3 is 6.03 Å². The Bertz CT molecular complexity index is 1190. The molecule has 1 fully saturated rings. The van der Waals surface area contributed by atoms with E-state index < -0.39 is 0 Å². The number of aromatic nitrogens is 2. The number of nitrogens with zero attached hydrogens (tertiary/aromatic N) is 3. The van der Waals surface area contributed by atoms with Crippen LogP contribution in [0.3, 0.4) is 0 Å². The summed E-state index contributed by atoms with van der Waals surface area (Å²) in [4.78, 5) is 19.6. The van der Waals surface area contributed by atoms with Gasteiger partial charge in [0.05, 0.1) is 24.3 Å². The zero-order valence-electron chi connectivity index (χ0n) is 19.2. The van der Waals surface area contributed by atoms with Gasteiger partial charge in [0, 0.05) is 17.9 Å². The number of rotatable bonds is 5. The molecule has 1 aromatic heterocycles. The van der Waals surface area contributed by atoms with E-state index in [0.717, 1.165) is 53.0 Å². The summed E-state index contributed by atoms with van der Waals surface area (Å²) < 4.78 is 11.6. The Morgan fingerprint density at radius 3 is 2.64 bits per heavy atom. The fourth-order valence-electron chi connectivity index (χ4n) is 4.51. The first-order valence-electron chi connectivity index (χ1n) is 11.4. The summed E-state index contributed by atoms with van der Waals surface area (Å²) in [5, 5.41) is 7.41. The van der Waals surface area contributed by atoms with Crippen LogP contribution in [-0.4, -0.2) is 40.3 Å². The highest BCUT2D eigenvalue weighted by atomic mass is 16.5. The molecule has 0 bridgehead atoms. The van der Waals surface area contributed by atoms with E-state index in [1.165, 1.54) is 0 Å². The van der Waals surface area contributed by atoms with Crippen molar-refractivity contribution >= 4 is 11.6 Å². The van der Waals surface area contributed by atoms with Crippen molar-refractivity contribution in [2.45, 2.75) is 45.8 Å². The van der Waals surface area contributed by atoms with E-state index in [0.29, 0.717) is 18.3 Å². The third-order valence-electron chi connectivity index (χ3n) is 6.35. The lowest BCUT2D eigenvalue weighted by atomic mass is 9.94. The number of carbonyl (C=O) groups is 1. The molecule has 0 radical (unpaired) electrons. The predicted octanol–water partition coefficient (Wildman–Crippen LogP) is 5.03. The van der Waals surface area contributed by atoms with Crippen LogP contribution >= 0.6 is 0 Å². The Morgan fingerprint density at radius 1 is 1.09 bits per heavy atom. The van der Waals surface area contributed by atoms with Crippen LogP contribution in [0.2, 0.25) is 0 Å². The molecule has 0 spiro atoms. The Morgan fingerprint density at radius 2 is 1.91 bits per heavy atom. The Hall–Kier alpha value is -3.45. The average Bonchev–Trinajstić information content (AvgIpc) is 3.49. The van der Waals surface area contributed by atoms with Crippen molar-refractivity contribution in [1.29, 1.82) is 0 Å². The first-order valence-corrected chi connectivity index (χ1v) is 11.4. The molecular formula is C26H28N4O3. The van der Waals surface area contributed by atoms with Crippen molar-refractivity contribution in [1.82, 2.24) is 20.4 Å². The van der Waals surface area contributed by atoms with Gasteiger partial charge in [-0.05, 0) is 45.2 Å². The van der Waals surface area contributed by atoms with Crippen LogP contribution in [0, 0.1) is 13.8 Å². The molecule has 33 heavy (non-hydrogen) atoms. The summed E-state index contributed by atoms with van der Waals surface area (Å²) in [7, 11) is 0. The number of nitrogens with one attached hydrogen (secondary N) is 1. The zero-order chi connectivity index (χ0) is 22.9. The van der Waals surface area contributed by atoms with Gasteiger partial charge < -0.3 is 14.6 Å². The molecule has 2 atom stereocenters. The average molecular weight is 445 g/mol. The Balaban J connectivity index is 1.57. The number of ether oxygens (including phenoxy) is 1. The molecule has 1 saturated heterocycles. The third-order valence-corrected chi connectivity index (χ3v) is 6.35. The van der Waals surface area contributed by atoms with E-state index in [4.69, 9.17) is 14.2 Å². The molecular weight excluding hydrogens is 416 g/mol. The predicted molar refractivity (Wildman–Crippen MR) is 125 cm³/mol. The van der Waals surface area contributed by atoms with Crippen molar-refractivity contribution in [2.24, 2.45) is 0 Å². The van der Waals surface area contributed by atoms with E-state index in [-0.39, 0.29) is 18.2 Å². The lowest BCUT2D eigenvalue weighted by Crippen LogP contribution is -2.48. The van der Waals surface area contributed by atoms with E-state index >= 15 is 0 Å². The van der Waals surface area contributed by atoms with Crippen LogP contribution in [0.1, 0.15) is 48.4 Å². The Labute approximate surface area is 193 Å². The van der Waals surface area contributed by atoms with E-state index in [2.05, 4.69) is 10.5 Å². The van der Waals surface area contributed by atoms with Gasteiger partial charge in [-0.2, -0.15) is 4.98 Å². The molecule has 0 saturated carbocycles. The number of allylic oxidation sites excluding steroid dienone is 1. The molecule has 2 unspecified atom stereocenters. The summed E-state index contributed by atoms with van der Waals surface area (Å²) in [5.41, 5.74) is 5.76. The highest BCUT2D eigenvalue weighted by Gasteiger charge is 2.37. The topological polar surface area (TPSA) is 80.5 Å². The third kappa shape index (κ3) is 4.28. The number of urea groups is 1. The zero-order valence-corrected chi connectivity index (χ0v) is 19.2. The van der Waals surface area contributed by atoms with Crippen LogP contribution in [0.5, 0.6) is 0 Å². The van der Waals surface area contributed by atoms with Gasteiger partial charge in [-0.3, -0.25) is 4.90 Å². The summed E-state index contributed by atoms with van der Waals surface area (Å²) in [6.07, 6.45) is 2.00. The summed E-state index contributed by atoms with van der Waals surface area (Å²) in [6, 6.07) is 15.6. The largest absolute Gasteiger partial charge is 0.376 e. The fraction of sp³-hybridized carbons (Fsp3) is 0.346. The van der Waals surface area contributed by atoms with Crippen LogP contribution in [0.25, 0.3) is 17.0 Å². The minimum Gasteiger partial charge on any atom is -0.376 e. The summed E-state index contributed by atoms with van der Waals surface area (Å²) >= 11 is 0. The first-order chi connectivity index (χ1) is 16.0. The quantitative estimate of drug-likeness (QED) is 0.597. The van der Waals surface area contributed by atoms with Crippen molar-refractivity contribution in [3.8, 4) is 11.4 Å². The maximum absolute atomic E-state index is 13.1. The first kappa shape index (κ1) is 21.4. The minimum atomic E-state index is -0.385. The van der Waals surface area contributed by atoms with Gasteiger partial charge in [-0.1, -0.05) is 58.7 Å². The second-order valence-electron chi connectivity index (χ2n) is 8.83. The van der Waals surface area contributed by atoms with Crippen molar-refractivity contribution in [2.75, 3.05) is 13.2 Å². The summed E-state index contributed by atoms with van der Waals surface area (Å²) in [5.74, 6) is 0.936. The van der Waals surface area contributed by atoms with Crippen molar-refractivity contribution < 1.29 is 14.1 Å². The maximum atomic E-state index is 13.1. The molecule has 2 amide bonds. The fourth-order valence-corrected chi connectivity index (χ4v) is 4.51. The van der Waals surface area contributed by atoms with Crippen molar-refractivity contribution in [3.63, 3.8) is 0 Å². The van der Waals surface area contributed by atoms with E-state index in [1.807, 2.05) is 69.3 Å². The molecule has 2 aliphatic rings. The van der Waals surface area contributed by atoms with Crippen LogP contribution in [0.4, 0.5) is 4.79 Å². The Kier molecular flexibility index (Phi) is 5.72. The molecule has 7 heteroatoms. The monoisotopic (exact) mass is 444 g/mol. The number of aryl methyl sites for hydroxylation is 2. The van der Waals surface area contributed by atoms with Gasteiger partial charge in [-0.25, -0.2) is 4.79 Å². The van der Waals surface area contributed by atoms with Crippen LogP contribution < -0.4 is 5.32 Å². The van der Waals surface area contributed by atoms with Gasteiger partial charge in [0.2, 0.25) is 5.82 Å². The number of hydrogen-bond donors (Lipinski definition) is 1. The van der Waals surface area contributed by atoms with Crippen LogP contribution in [0.15, 0.2) is 58.8 Å². The number of carbonyl (C=O) groups excluding carboxylic acids is 1. The van der Waals surface area contributed by atoms with Gasteiger partial charge in [0.1, 0.15) is 0 Å². The normalized spacial score (nSPS) is 20.9. The molecule has 5 rings (SSSR count). The molecule has 3 aromatic rings. The molecule has 170 valence electrons. The SMILES string of the molecule is CC1=C(c2nc(-c3cccc(C)c3)no2)C(c2ccc(C)cc2)NC(=O)N1CC1CCCO1. The number of hydrogen-bond acceptors (Lipinski definition) is 5. The smallest absolute Gasteiger partial charge is 0.322 e. The lowest BCUT2D eigenvalue weighted by Gasteiger charge is -2.36. The highest BCUT2D eigenvalue weighted by Crippen LogP contribution is 2.38. The molecule has 2 aliphatic heterocycles. The maximum Gasteiger partial charge on any atom is 0.322 e. The molecule has 7 nitrogen and oxygen atoms in total. The van der Waals surface area contributed by atoms with Crippen molar-refractivity contribution in [3.05, 3.63) is 76.8 Å². The number of amides is 2. The molecule has 0 aliphatic carbocycles. The molecule has 1 N–H and O–H groups in total. The van der Waals surface area contributed by atoms with Gasteiger partial charge in [0.15, 0.2) is 0 Å². The lowest BCUT2D eigenvalue weighted by molar-refractivity contribution is 0.0877. The number of benzene rings is 2.